The maximum atomic E-state index is 11.9. The van der Waals surface area contributed by atoms with Crippen LogP contribution in [0.2, 0.25) is 0 Å². The maximum absolute atomic E-state index is 11.9. The number of carbonyl (C=O) groups is 1. The van der Waals surface area contributed by atoms with Gasteiger partial charge in [-0.1, -0.05) is 18.2 Å². The van der Waals surface area contributed by atoms with E-state index in [-0.39, 0.29) is 17.4 Å². The first-order valence-corrected chi connectivity index (χ1v) is 10.1. The van der Waals surface area contributed by atoms with E-state index in [1.54, 1.807) is 12.1 Å². The number of amides is 1. The summed E-state index contributed by atoms with van der Waals surface area (Å²) in [5.41, 5.74) is 3.60. The number of fused-ring (bicyclic) bond motifs is 1. The Labute approximate surface area is 153 Å². The van der Waals surface area contributed by atoms with Crippen LogP contribution >= 0.6 is 0 Å². The molecule has 0 unspecified atom stereocenters. The van der Waals surface area contributed by atoms with Gasteiger partial charge in [-0.3, -0.25) is 4.79 Å². The molecule has 2 aromatic carbocycles. The zero-order valence-electron chi connectivity index (χ0n) is 14.4. The third-order valence-electron chi connectivity index (χ3n) is 4.43. The van der Waals surface area contributed by atoms with E-state index >= 15 is 0 Å². The van der Waals surface area contributed by atoms with Crippen LogP contribution in [-0.2, 0) is 34.1 Å². The molecule has 0 spiro atoms. The van der Waals surface area contributed by atoms with Gasteiger partial charge in [0.05, 0.1) is 4.90 Å². The van der Waals surface area contributed by atoms with Gasteiger partial charge in [-0.2, -0.15) is 0 Å². The normalized spacial score (nSPS) is 13.3. The molecule has 138 valence electrons. The van der Waals surface area contributed by atoms with E-state index in [0.29, 0.717) is 13.0 Å². The number of benzene rings is 2. The summed E-state index contributed by atoms with van der Waals surface area (Å²) in [6.45, 7) is 0.421. The summed E-state index contributed by atoms with van der Waals surface area (Å²) in [4.78, 5) is 12.0. The van der Waals surface area contributed by atoms with Gasteiger partial charge in [0.2, 0.25) is 10.0 Å². The molecule has 1 aliphatic carbocycles. The number of carbonyl (C=O) groups excluding carboxylic acids is 1. The number of rotatable bonds is 7. The van der Waals surface area contributed by atoms with E-state index in [1.807, 2.05) is 12.1 Å². The van der Waals surface area contributed by atoms with Gasteiger partial charge in [-0.05, 0) is 66.6 Å². The molecule has 0 saturated heterocycles. The van der Waals surface area contributed by atoms with Crippen molar-refractivity contribution in [2.75, 3.05) is 13.2 Å². The Bertz CT molecular complexity index is 892. The van der Waals surface area contributed by atoms with Gasteiger partial charge in [0.25, 0.3) is 5.91 Å². The molecule has 0 aliphatic heterocycles. The van der Waals surface area contributed by atoms with E-state index in [1.165, 1.54) is 29.7 Å². The highest BCUT2D eigenvalue weighted by Gasteiger charge is 2.12. The molecule has 0 saturated carbocycles. The van der Waals surface area contributed by atoms with E-state index in [9.17, 15) is 13.2 Å². The first-order valence-electron chi connectivity index (χ1n) is 8.55. The lowest BCUT2D eigenvalue weighted by atomic mass is 10.1. The van der Waals surface area contributed by atoms with Crippen LogP contribution in [0.5, 0.6) is 5.75 Å². The Morgan fingerprint density at radius 3 is 2.54 bits per heavy atom. The summed E-state index contributed by atoms with van der Waals surface area (Å²) in [5.74, 6) is 0.533. The predicted molar refractivity (Wildman–Crippen MR) is 98.5 cm³/mol. The van der Waals surface area contributed by atoms with Gasteiger partial charge in [0.1, 0.15) is 5.75 Å². The number of ether oxygens (including phenoxy) is 1. The second-order valence-electron chi connectivity index (χ2n) is 6.36. The fourth-order valence-electron chi connectivity index (χ4n) is 3.03. The van der Waals surface area contributed by atoms with Crippen LogP contribution in [0.1, 0.15) is 23.1 Å². The van der Waals surface area contributed by atoms with Gasteiger partial charge < -0.3 is 10.1 Å². The van der Waals surface area contributed by atoms with Crippen LogP contribution in [0.3, 0.4) is 0 Å². The Morgan fingerprint density at radius 1 is 1.08 bits per heavy atom. The minimum Gasteiger partial charge on any atom is -0.484 e. The van der Waals surface area contributed by atoms with Crippen molar-refractivity contribution in [1.29, 1.82) is 0 Å². The average Bonchev–Trinajstić information content (AvgIpc) is 3.07. The van der Waals surface area contributed by atoms with Gasteiger partial charge in [0.15, 0.2) is 6.61 Å². The topological polar surface area (TPSA) is 98.5 Å². The fourth-order valence-corrected chi connectivity index (χ4v) is 3.55. The third-order valence-corrected chi connectivity index (χ3v) is 5.36. The molecular weight excluding hydrogens is 352 g/mol. The average molecular weight is 374 g/mol. The molecular formula is C19H22N2O4S. The highest BCUT2D eigenvalue weighted by atomic mass is 32.2. The zero-order valence-corrected chi connectivity index (χ0v) is 15.2. The number of nitrogens with two attached hydrogens (primary N) is 1. The summed E-state index contributed by atoms with van der Waals surface area (Å²) in [6.07, 6.45) is 3.96. The number of hydrogen-bond donors (Lipinski definition) is 2. The standard InChI is InChI=1S/C19H22N2O4S/c20-26(23,24)18-8-4-14(5-9-18)10-11-21-19(22)13-25-17-7-6-15-2-1-3-16(15)12-17/h4-9,12H,1-3,10-11,13H2,(H,21,22)(H2,20,23,24). The van der Waals surface area contributed by atoms with Crippen molar-refractivity contribution in [3.05, 3.63) is 59.2 Å². The van der Waals surface area contributed by atoms with E-state index in [0.717, 1.165) is 24.2 Å². The first kappa shape index (κ1) is 18.4. The molecule has 3 rings (SSSR count). The second-order valence-corrected chi connectivity index (χ2v) is 7.92. The summed E-state index contributed by atoms with van der Waals surface area (Å²) >= 11 is 0. The van der Waals surface area contributed by atoms with E-state index in [2.05, 4.69) is 11.4 Å². The number of primary sulfonamides is 1. The Kier molecular flexibility index (Phi) is 5.58. The molecule has 0 aromatic heterocycles. The minimum absolute atomic E-state index is 0.0247. The lowest BCUT2D eigenvalue weighted by molar-refractivity contribution is -0.123. The lowest BCUT2D eigenvalue weighted by Crippen LogP contribution is -2.30. The smallest absolute Gasteiger partial charge is 0.257 e. The summed E-state index contributed by atoms with van der Waals surface area (Å²) in [7, 11) is -3.68. The van der Waals surface area contributed by atoms with Crippen molar-refractivity contribution < 1.29 is 17.9 Å². The number of hydrogen-bond acceptors (Lipinski definition) is 4. The Morgan fingerprint density at radius 2 is 1.81 bits per heavy atom. The molecule has 0 fully saturated rings. The van der Waals surface area contributed by atoms with Crippen molar-refractivity contribution in [2.24, 2.45) is 5.14 Å². The monoisotopic (exact) mass is 374 g/mol. The van der Waals surface area contributed by atoms with Crippen molar-refractivity contribution in [2.45, 2.75) is 30.6 Å². The van der Waals surface area contributed by atoms with Crippen LogP contribution in [0.15, 0.2) is 47.4 Å². The summed E-state index contributed by atoms with van der Waals surface area (Å²) in [5, 5.41) is 7.85. The maximum Gasteiger partial charge on any atom is 0.257 e. The van der Waals surface area contributed by atoms with Crippen molar-refractivity contribution in [3.8, 4) is 5.75 Å². The molecule has 7 heteroatoms. The quantitative estimate of drug-likeness (QED) is 0.768. The fraction of sp³-hybridized carbons (Fsp3) is 0.316. The molecule has 6 nitrogen and oxygen atoms in total. The van der Waals surface area contributed by atoms with Gasteiger partial charge in [0, 0.05) is 6.54 Å². The van der Waals surface area contributed by atoms with Crippen molar-refractivity contribution in [3.63, 3.8) is 0 Å². The van der Waals surface area contributed by atoms with E-state index < -0.39 is 10.0 Å². The molecule has 3 N–H and O–H groups in total. The number of nitrogens with one attached hydrogen (secondary N) is 1. The molecule has 1 aliphatic rings. The van der Waals surface area contributed by atoms with Crippen LogP contribution < -0.4 is 15.2 Å². The summed E-state index contributed by atoms with van der Waals surface area (Å²) in [6, 6.07) is 12.3. The van der Waals surface area contributed by atoms with Crippen molar-refractivity contribution >= 4 is 15.9 Å². The molecule has 26 heavy (non-hydrogen) atoms. The van der Waals surface area contributed by atoms with Crippen molar-refractivity contribution in [1.82, 2.24) is 5.32 Å². The summed E-state index contributed by atoms with van der Waals surface area (Å²) < 4.78 is 28.0. The minimum atomic E-state index is -3.68. The van der Waals surface area contributed by atoms with Crippen LogP contribution in [-0.4, -0.2) is 27.5 Å². The molecule has 0 heterocycles. The molecule has 2 aromatic rings. The third kappa shape index (κ3) is 4.83. The van der Waals surface area contributed by atoms with Crippen LogP contribution in [0.25, 0.3) is 0 Å². The number of aryl methyl sites for hydroxylation is 2. The molecule has 0 atom stereocenters. The highest BCUT2D eigenvalue weighted by Crippen LogP contribution is 2.25. The molecule has 0 radical (unpaired) electrons. The van der Waals surface area contributed by atoms with Crippen LogP contribution in [0, 0.1) is 0 Å². The molecule has 0 bridgehead atoms. The van der Waals surface area contributed by atoms with Gasteiger partial charge in [-0.15, -0.1) is 0 Å². The highest BCUT2D eigenvalue weighted by molar-refractivity contribution is 7.89. The number of sulfonamides is 1. The van der Waals surface area contributed by atoms with Gasteiger partial charge in [-0.25, -0.2) is 13.6 Å². The largest absolute Gasteiger partial charge is 0.484 e. The van der Waals surface area contributed by atoms with E-state index in [4.69, 9.17) is 9.88 Å². The predicted octanol–water partition coefficient (Wildman–Crippen LogP) is 1.56. The Hall–Kier alpha value is -2.38. The Balaban J connectivity index is 1.41. The zero-order chi connectivity index (χ0) is 18.6. The first-order chi connectivity index (χ1) is 12.4. The SMILES string of the molecule is NS(=O)(=O)c1ccc(CCNC(=O)COc2ccc3c(c2)CCC3)cc1. The van der Waals surface area contributed by atoms with Gasteiger partial charge >= 0.3 is 0 Å². The molecule has 1 amide bonds. The second kappa shape index (κ2) is 7.88. The van der Waals surface area contributed by atoms with Crippen LogP contribution in [0.4, 0.5) is 0 Å². The lowest BCUT2D eigenvalue weighted by Gasteiger charge is -2.09.